The number of carbonyl (C=O) groups excluding carboxylic acids is 1. The van der Waals surface area contributed by atoms with Crippen LogP contribution < -0.4 is 10.1 Å². The number of carboxylic acid groups (broad SMARTS) is 1. The Labute approximate surface area is 154 Å². The van der Waals surface area contributed by atoms with Crippen molar-refractivity contribution in [2.45, 2.75) is 19.3 Å². The third-order valence-electron chi connectivity index (χ3n) is 4.41. The van der Waals surface area contributed by atoms with E-state index >= 15 is 0 Å². The summed E-state index contributed by atoms with van der Waals surface area (Å²) >= 11 is 0. The number of methoxy groups -OCH3 is 1. The molecule has 1 saturated heterocycles. The molecular weight excluding hydrogens is 357 g/mol. The van der Waals surface area contributed by atoms with Gasteiger partial charge in [0.15, 0.2) is 28.7 Å². The molecule has 0 bridgehead atoms. The first-order valence-electron chi connectivity index (χ1n) is 8.59. The highest BCUT2D eigenvalue weighted by molar-refractivity contribution is 5.99. The fraction of sp³-hybridized carbons (Fsp3) is 0.389. The molecule has 144 valence electrons. The molecule has 0 unspecified atom stereocenters. The predicted octanol–water partition coefficient (Wildman–Crippen LogP) is 2.61. The summed E-state index contributed by atoms with van der Waals surface area (Å²) in [6, 6.07) is 3.87. The summed E-state index contributed by atoms with van der Waals surface area (Å²) in [5.41, 5.74) is 0.136. The second-order valence-electron chi connectivity index (χ2n) is 6.15. The van der Waals surface area contributed by atoms with Crippen molar-refractivity contribution >= 4 is 17.7 Å². The summed E-state index contributed by atoms with van der Waals surface area (Å²) in [4.78, 5) is 25.5. The minimum absolute atomic E-state index is 0.0175. The van der Waals surface area contributed by atoms with Gasteiger partial charge in [0.25, 0.3) is 0 Å². The van der Waals surface area contributed by atoms with Crippen LogP contribution in [0.1, 0.15) is 29.6 Å². The van der Waals surface area contributed by atoms with Crippen LogP contribution in [-0.4, -0.2) is 53.8 Å². The van der Waals surface area contributed by atoms with Crippen molar-refractivity contribution in [2.75, 3.05) is 32.1 Å². The second kappa shape index (κ2) is 8.07. The molecule has 0 saturated carbocycles. The van der Waals surface area contributed by atoms with Gasteiger partial charge in [0, 0.05) is 31.6 Å². The van der Waals surface area contributed by atoms with E-state index in [1.807, 2.05) is 0 Å². The van der Waals surface area contributed by atoms with Crippen LogP contribution in [0.2, 0.25) is 0 Å². The number of nitrogens with one attached hydrogen (secondary N) is 1. The third-order valence-corrected chi connectivity index (χ3v) is 4.41. The number of halogens is 1. The number of benzene rings is 1. The Balaban J connectivity index is 1.75. The average molecular weight is 377 g/mol. The van der Waals surface area contributed by atoms with Crippen LogP contribution >= 0.6 is 0 Å². The molecule has 1 fully saturated rings. The monoisotopic (exact) mass is 377 g/mol. The SMILES string of the molecule is COc1cc(-c2onc(NCCC(=O)N3CCCC3)c2C(=O)O)ccc1F. The summed E-state index contributed by atoms with van der Waals surface area (Å²) in [5, 5.41) is 16.1. The van der Waals surface area contributed by atoms with Crippen LogP contribution in [0.25, 0.3) is 11.3 Å². The van der Waals surface area contributed by atoms with Gasteiger partial charge in [0.05, 0.1) is 7.11 Å². The fourth-order valence-electron chi connectivity index (χ4n) is 3.02. The van der Waals surface area contributed by atoms with Gasteiger partial charge >= 0.3 is 5.97 Å². The maximum atomic E-state index is 13.6. The first-order valence-corrected chi connectivity index (χ1v) is 8.59. The molecule has 1 amide bonds. The number of nitrogens with zero attached hydrogens (tertiary/aromatic N) is 2. The van der Waals surface area contributed by atoms with Crippen molar-refractivity contribution in [3.63, 3.8) is 0 Å². The normalized spacial score (nSPS) is 13.6. The summed E-state index contributed by atoms with van der Waals surface area (Å²) in [5.74, 6) is -1.83. The van der Waals surface area contributed by atoms with Crippen LogP contribution in [0.5, 0.6) is 5.75 Å². The Hall–Kier alpha value is -3.10. The van der Waals surface area contributed by atoms with Gasteiger partial charge in [-0.2, -0.15) is 0 Å². The number of hydrogen-bond acceptors (Lipinski definition) is 6. The number of likely N-dealkylation sites (tertiary alicyclic amines) is 1. The van der Waals surface area contributed by atoms with Crippen LogP contribution in [0.4, 0.5) is 10.2 Å². The summed E-state index contributed by atoms with van der Waals surface area (Å²) in [7, 11) is 1.31. The van der Waals surface area contributed by atoms with E-state index in [4.69, 9.17) is 9.26 Å². The molecule has 2 N–H and O–H groups in total. The molecule has 9 heteroatoms. The molecule has 3 rings (SSSR count). The summed E-state index contributed by atoms with van der Waals surface area (Å²) in [6.07, 6.45) is 2.25. The topological polar surface area (TPSA) is 105 Å². The van der Waals surface area contributed by atoms with Crippen LogP contribution in [0.15, 0.2) is 22.7 Å². The number of rotatable bonds is 7. The predicted molar refractivity (Wildman–Crippen MR) is 94.3 cm³/mol. The zero-order chi connectivity index (χ0) is 19.4. The molecule has 2 aromatic rings. The Bertz CT molecular complexity index is 846. The molecule has 1 aromatic carbocycles. The Morgan fingerprint density at radius 1 is 1.37 bits per heavy atom. The molecule has 0 aliphatic carbocycles. The van der Waals surface area contributed by atoms with Crippen LogP contribution in [-0.2, 0) is 4.79 Å². The average Bonchev–Trinajstić information content (AvgIpc) is 3.32. The zero-order valence-corrected chi connectivity index (χ0v) is 14.8. The third kappa shape index (κ3) is 4.02. The van der Waals surface area contributed by atoms with Crippen molar-refractivity contribution in [1.82, 2.24) is 10.1 Å². The number of carbonyl (C=O) groups is 2. The molecule has 1 aromatic heterocycles. The van der Waals surface area contributed by atoms with Gasteiger partial charge in [-0.15, -0.1) is 0 Å². The highest BCUT2D eigenvalue weighted by Crippen LogP contribution is 2.32. The van der Waals surface area contributed by atoms with Gasteiger partial charge in [-0.25, -0.2) is 9.18 Å². The maximum Gasteiger partial charge on any atom is 0.343 e. The fourth-order valence-corrected chi connectivity index (χ4v) is 3.02. The number of hydrogen-bond donors (Lipinski definition) is 2. The molecule has 0 radical (unpaired) electrons. The van der Waals surface area contributed by atoms with Crippen molar-refractivity contribution in [1.29, 1.82) is 0 Å². The lowest BCUT2D eigenvalue weighted by atomic mass is 10.1. The molecule has 1 aliphatic heterocycles. The van der Waals surface area contributed by atoms with E-state index in [2.05, 4.69) is 10.5 Å². The highest BCUT2D eigenvalue weighted by atomic mass is 19.1. The van der Waals surface area contributed by atoms with E-state index in [9.17, 15) is 19.1 Å². The standard InChI is InChI=1S/C18H20FN3O5/c1-26-13-10-11(4-5-12(13)19)16-15(18(24)25)17(21-27-16)20-7-6-14(23)22-8-2-3-9-22/h4-5,10H,2-3,6-9H2,1H3,(H,20,21)(H,24,25). The lowest BCUT2D eigenvalue weighted by Gasteiger charge is -2.15. The summed E-state index contributed by atoms with van der Waals surface area (Å²) in [6.45, 7) is 1.76. The van der Waals surface area contributed by atoms with Gasteiger partial charge < -0.3 is 24.6 Å². The smallest absolute Gasteiger partial charge is 0.343 e. The van der Waals surface area contributed by atoms with E-state index in [0.717, 1.165) is 32.0 Å². The minimum Gasteiger partial charge on any atom is -0.494 e. The molecule has 0 spiro atoms. The van der Waals surface area contributed by atoms with Crippen LogP contribution in [0.3, 0.4) is 0 Å². The number of ether oxygens (including phenoxy) is 1. The number of aromatic carboxylic acids is 1. The van der Waals surface area contributed by atoms with Crippen LogP contribution in [0, 0.1) is 5.82 Å². The van der Waals surface area contributed by atoms with E-state index < -0.39 is 11.8 Å². The van der Waals surface area contributed by atoms with Crippen molar-refractivity contribution < 1.29 is 28.3 Å². The van der Waals surface area contributed by atoms with E-state index in [1.54, 1.807) is 4.90 Å². The Kier molecular flexibility index (Phi) is 5.58. The molecular formula is C18H20FN3O5. The lowest BCUT2D eigenvalue weighted by Crippen LogP contribution is -2.29. The van der Waals surface area contributed by atoms with Gasteiger partial charge in [-0.1, -0.05) is 5.16 Å². The molecule has 27 heavy (non-hydrogen) atoms. The van der Waals surface area contributed by atoms with Gasteiger partial charge in [-0.05, 0) is 31.0 Å². The van der Waals surface area contributed by atoms with Crippen molar-refractivity contribution in [3.8, 4) is 17.1 Å². The van der Waals surface area contributed by atoms with E-state index in [0.29, 0.717) is 5.56 Å². The molecule has 1 aliphatic rings. The van der Waals surface area contributed by atoms with E-state index in [-0.39, 0.29) is 41.8 Å². The number of aromatic nitrogens is 1. The molecule has 2 heterocycles. The minimum atomic E-state index is -1.25. The largest absolute Gasteiger partial charge is 0.494 e. The summed E-state index contributed by atoms with van der Waals surface area (Å²) < 4.78 is 23.7. The molecule has 8 nitrogen and oxygen atoms in total. The van der Waals surface area contributed by atoms with E-state index in [1.165, 1.54) is 19.2 Å². The quantitative estimate of drug-likeness (QED) is 0.764. The molecule has 0 atom stereocenters. The highest BCUT2D eigenvalue weighted by Gasteiger charge is 2.25. The lowest BCUT2D eigenvalue weighted by molar-refractivity contribution is -0.129. The first-order chi connectivity index (χ1) is 13.0. The van der Waals surface area contributed by atoms with Gasteiger partial charge in [0.2, 0.25) is 5.91 Å². The number of anilines is 1. The van der Waals surface area contributed by atoms with Gasteiger partial charge in [0.1, 0.15) is 0 Å². The second-order valence-corrected chi connectivity index (χ2v) is 6.15. The Morgan fingerprint density at radius 2 is 2.11 bits per heavy atom. The van der Waals surface area contributed by atoms with Crippen molar-refractivity contribution in [2.24, 2.45) is 0 Å². The van der Waals surface area contributed by atoms with Crippen molar-refractivity contribution in [3.05, 3.63) is 29.6 Å². The Morgan fingerprint density at radius 3 is 2.78 bits per heavy atom. The van der Waals surface area contributed by atoms with Gasteiger partial charge in [-0.3, -0.25) is 4.79 Å². The zero-order valence-electron chi connectivity index (χ0n) is 14.8. The maximum absolute atomic E-state index is 13.6. The number of carboxylic acids is 1. The first kappa shape index (κ1) is 18.7. The number of amides is 1.